The van der Waals surface area contributed by atoms with Gasteiger partial charge in [0.05, 0.1) is 17.3 Å². The summed E-state index contributed by atoms with van der Waals surface area (Å²) in [6, 6.07) is 10.7. The predicted molar refractivity (Wildman–Crippen MR) is 74.1 cm³/mol. The normalized spacial score (nSPS) is 12.9. The van der Waals surface area contributed by atoms with Crippen LogP contribution in [-0.2, 0) is 10.0 Å². The first-order chi connectivity index (χ1) is 8.94. The molecule has 2 aromatic rings. The molecule has 98 valence electrons. The fraction of sp³-hybridized carbons (Fsp3) is 0.231. The van der Waals surface area contributed by atoms with E-state index in [2.05, 4.69) is 9.71 Å². The Labute approximate surface area is 111 Å². The van der Waals surface area contributed by atoms with Crippen molar-refractivity contribution in [1.82, 2.24) is 4.98 Å². The second-order valence-electron chi connectivity index (χ2n) is 4.25. The number of hydrogen-bond donors (Lipinski definition) is 1. The molecule has 1 N–H and O–H groups in total. The van der Waals surface area contributed by atoms with Gasteiger partial charge in [-0.3, -0.25) is 9.71 Å². The summed E-state index contributed by atoms with van der Waals surface area (Å²) in [5, 5.41) is 8.45. The molecule has 19 heavy (non-hydrogen) atoms. The number of rotatable bonds is 3. The van der Waals surface area contributed by atoms with Crippen LogP contribution in [0, 0.1) is 18.3 Å². The molecule has 0 saturated carbocycles. The standard InChI is InChI=1S/C13H13N3O2S/c1-9-6-7-11-4-3-5-12(13(11)15-9)16-19(17,18)10(2)8-14/h3-7,10,16H,1-2H3. The molecule has 1 atom stereocenters. The number of aryl methyl sites for hydroxylation is 1. The number of aromatic nitrogens is 1. The Bertz CT molecular complexity index is 763. The van der Waals surface area contributed by atoms with Crippen molar-refractivity contribution in [3.63, 3.8) is 0 Å². The van der Waals surface area contributed by atoms with Crippen molar-refractivity contribution in [3.05, 3.63) is 36.0 Å². The highest BCUT2D eigenvalue weighted by atomic mass is 32.2. The van der Waals surface area contributed by atoms with E-state index in [0.717, 1.165) is 11.1 Å². The number of hydrogen-bond acceptors (Lipinski definition) is 4. The summed E-state index contributed by atoms with van der Waals surface area (Å²) in [5.41, 5.74) is 1.77. The maximum absolute atomic E-state index is 11.9. The second-order valence-corrected chi connectivity index (χ2v) is 6.25. The summed E-state index contributed by atoms with van der Waals surface area (Å²) in [4.78, 5) is 4.34. The lowest BCUT2D eigenvalue weighted by atomic mass is 10.2. The minimum atomic E-state index is -3.72. The molecule has 0 bridgehead atoms. The zero-order valence-corrected chi connectivity index (χ0v) is 11.4. The van der Waals surface area contributed by atoms with E-state index in [9.17, 15) is 8.42 Å². The minimum Gasteiger partial charge on any atom is -0.280 e. The number of para-hydroxylation sites is 1. The first-order valence-electron chi connectivity index (χ1n) is 5.71. The Balaban J connectivity index is 2.53. The summed E-state index contributed by atoms with van der Waals surface area (Å²) in [7, 11) is -3.72. The van der Waals surface area contributed by atoms with Crippen molar-refractivity contribution in [1.29, 1.82) is 5.26 Å². The van der Waals surface area contributed by atoms with E-state index < -0.39 is 15.3 Å². The van der Waals surface area contributed by atoms with E-state index in [0.29, 0.717) is 11.2 Å². The Morgan fingerprint density at radius 2 is 2.05 bits per heavy atom. The smallest absolute Gasteiger partial charge is 0.248 e. The van der Waals surface area contributed by atoms with Crippen molar-refractivity contribution >= 4 is 26.6 Å². The van der Waals surface area contributed by atoms with E-state index in [4.69, 9.17) is 5.26 Å². The monoisotopic (exact) mass is 275 g/mol. The fourth-order valence-corrected chi connectivity index (χ4v) is 2.42. The molecule has 0 aliphatic carbocycles. The lowest BCUT2D eigenvalue weighted by Gasteiger charge is -2.11. The molecule has 0 aliphatic rings. The quantitative estimate of drug-likeness (QED) is 0.930. The third-order valence-corrected chi connectivity index (χ3v) is 4.30. The van der Waals surface area contributed by atoms with Gasteiger partial charge in [0.2, 0.25) is 10.0 Å². The fourth-order valence-electron chi connectivity index (χ4n) is 1.64. The van der Waals surface area contributed by atoms with Crippen molar-refractivity contribution in [2.45, 2.75) is 19.1 Å². The number of pyridine rings is 1. The summed E-state index contributed by atoms with van der Waals surface area (Å²) in [6.07, 6.45) is 0. The average Bonchev–Trinajstić information content (AvgIpc) is 2.38. The van der Waals surface area contributed by atoms with E-state index in [-0.39, 0.29) is 0 Å². The van der Waals surface area contributed by atoms with Crippen LogP contribution < -0.4 is 4.72 Å². The van der Waals surface area contributed by atoms with Crippen LogP contribution in [0.2, 0.25) is 0 Å². The molecule has 1 heterocycles. The van der Waals surface area contributed by atoms with Crippen LogP contribution in [0.3, 0.4) is 0 Å². The van der Waals surface area contributed by atoms with E-state index in [1.54, 1.807) is 18.2 Å². The predicted octanol–water partition coefficient (Wildman–Crippen LogP) is 2.20. The number of anilines is 1. The SMILES string of the molecule is Cc1ccc2cccc(NS(=O)(=O)C(C)C#N)c2n1. The molecule has 0 amide bonds. The highest BCUT2D eigenvalue weighted by Gasteiger charge is 2.21. The summed E-state index contributed by atoms with van der Waals surface area (Å²) in [5.74, 6) is 0. The van der Waals surface area contributed by atoms with Gasteiger partial charge < -0.3 is 0 Å². The van der Waals surface area contributed by atoms with Crippen LogP contribution in [-0.4, -0.2) is 18.7 Å². The number of benzene rings is 1. The average molecular weight is 275 g/mol. The van der Waals surface area contributed by atoms with Gasteiger partial charge in [0, 0.05) is 11.1 Å². The first-order valence-corrected chi connectivity index (χ1v) is 7.26. The molecular weight excluding hydrogens is 262 g/mol. The van der Waals surface area contributed by atoms with Gasteiger partial charge in [-0.1, -0.05) is 18.2 Å². The van der Waals surface area contributed by atoms with Gasteiger partial charge in [-0.15, -0.1) is 0 Å². The summed E-state index contributed by atoms with van der Waals surface area (Å²) < 4.78 is 26.2. The Morgan fingerprint density at radius 3 is 2.74 bits per heavy atom. The van der Waals surface area contributed by atoms with Crippen LogP contribution in [0.25, 0.3) is 10.9 Å². The molecule has 5 nitrogen and oxygen atoms in total. The maximum Gasteiger partial charge on any atom is 0.248 e. The van der Waals surface area contributed by atoms with E-state index in [1.165, 1.54) is 6.92 Å². The molecule has 0 aliphatic heterocycles. The van der Waals surface area contributed by atoms with Crippen LogP contribution in [0.5, 0.6) is 0 Å². The zero-order chi connectivity index (χ0) is 14.0. The highest BCUT2D eigenvalue weighted by Crippen LogP contribution is 2.23. The first kappa shape index (κ1) is 13.3. The Morgan fingerprint density at radius 1 is 1.32 bits per heavy atom. The molecule has 0 saturated heterocycles. The molecule has 1 aromatic heterocycles. The lowest BCUT2D eigenvalue weighted by molar-refractivity contribution is 0.597. The van der Waals surface area contributed by atoms with E-state index >= 15 is 0 Å². The van der Waals surface area contributed by atoms with Gasteiger partial charge in [-0.2, -0.15) is 5.26 Å². The van der Waals surface area contributed by atoms with Gasteiger partial charge in [-0.25, -0.2) is 8.42 Å². The third-order valence-electron chi connectivity index (χ3n) is 2.76. The van der Waals surface area contributed by atoms with Crippen LogP contribution in [0.15, 0.2) is 30.3 Å². The van der Waals surface area contributed by atoms with Crippen molar-refractivity contribution in [2.24, 2.45) is 0 Å². The van der Waals surface area contributed by atoms with Crippen molar-refractivity contribution < 1.29 is 8.42 Å². The van der Waals surface area contributed by atoms with Crippen LogP contribution in [0.1, 0.15) is 12.6 Å². The van der Waals surface area contributed by atoms with Crippen molar-refractivity contribution in [3.8, 4) is 6.07 Å². The van der Waals surface area contributed by atoms with Crippen LogP contribution in [0.4, 0.5) is 5.69 Å². The van der Waals surface area contributed by atoms with Crippen molar-refractivity contribution in [2.75, 3.05) is 4.72 Å². The van der Waals surface area contributed by atoms with Crippen LogP contribution >= 0.6 is 0 Å². The maximum atomic E-state index is 11.9. The molecule has 2 rings (SSSR count). The number of fused-ring (bicyclic) bond motifs is 1. The van der Waals surface area contributed by atoms with E-state index in [1.807, 2.05) is 25.1 Å². The summed E-state index contributed by atoms with van der Waals surface area (Å²) >= 11 is 0. The number of nitrogens with one attached hydrogen (secondary N) is 1. The molecule has 1 unspecified atom stereocenters. The molecule has 0 fully saturated rings. The minimum absolute atomic E-state index is 0.392. The number of nitrogens with zero attached hydrogens (tertiary/aromatic N) is 2. The second kappa shape index (κ2) is 4.86. The summed E-state index contributed by atoms with van der Waals surface area (Å²) in [6.45, 7) is 3.18. The van der Waals surface area contributed by atoms with Gasteiger partial charge in [0.25, 0.3) is 0 Å². The molecule has 0 spiro atoms. The van der Waals surface area contributed by atoms with Gasteiger partial charge >= 0.3 is 0 Å². The van der Waals surface area contributed by atoms with Gasteiger partial charge in [0.1, 0.15) is 0 Å². The number of sulfonamides is 1. The number of nitriles is 1. The highest BCUT2D eigenvalue weighted by molar-refractivity contribution is 7.93. The Kier molecular flexibility index (Phi) is 3.40. The Hall–Kier alpha value is -2.13. The van der Waals surface area contributed by atoms with Gasteiger partial charge in [-0.05, 0) is 26.0 Å². The molecule has 0 radical (unpaired) electrons. The molecular formula is C13H13N3O2S. The molecule has 6 heteroatoms. The lowest BCUT2D eigenvalue weighted by Crippen LogP contribution is -2.24. The topological polar surface area (TPSA) is 82.9 Å². The third kappa shape index (κ3) is 2.66. The largest absolute Gasteiger partial charge is 0.280 e. The van der Waals surface area contributed by atoms with Gasteiger partial charge in [0.15, 0.2) is 5.25 Å². The molecule has 1 aromatic carbocycles. The zero-order valence-electron chi connectivity index (χ0n) is 10.6.